The highest BCUT2D eigenvalue weighted by molar-refractivity contribution is 8.05. The van der Waals surface area contributed by atoms with E-state index in [4.69, 9.17) is 9.47 Å². The van der Waals surface area contributed by atoms with E-state index in [1.165, 1.54) is 19.3 Å². The van der Waals surface area contributed by atoms with Crippen LogP contribution in [0, 0.1) is 5.92 Å². The van der Waals surface area contributed by atoms with Crippen molar-refractivity contribution >= 4 is 29.4 Å². The molecule has 1 N–H and O–H groups in total. The molecular formula is C28H36N2O3S. The van der Waals surface area contributed by atoms with Crippen LogP contribution in [0.1, 0.15) is 57.9 Å². The average Bonchev–Trinajstić information content (AvgIpc) is 3.15. The van der Waals surface area contributed by atoms with Crippen molar-refractivity contribution in [2.75, 3.05) is 19.0 Å². The Hall–Kier alpha value is -2.60. The number of rotatable bonds is 9. The molecule has 1 amide bonds. The maximum atomic E-state index is 13.7. The molecule has 6 heteroatoms. The average molecular weight is 481 g/mol. The van der Waals surface area contributed by atoms with Crippen LogP contribution in [0.15, 0.2) is 53.4 Å². The Bertz CT molecular complexity index is 994. The number of anilines is 1. The largest absolute Gasteiger partial charge is 0.493 e. The summed E-state index contributed by atoms with van der Waals surface area (Å²) in [6, 6.07) is 16.3. The molecule has 1 saturated heterocycles. The highest BCUT2D eigenvalue weighted by Crippen LogP contribution is 2.42. The summed E-state index contributed by atoms with van der Waals surface area (Å²) in [5.74, 6) is 2.04. The number of hydrogen-bond acceptors (Lipinski definition) is 5. The number of thioether (sulfide) groups is 1. The third-order valence-corrected chi connectivity index (χ3v) is 7.78. The third kappa shape index (κ3) is 5.72. The van der Waals surface area contributed by atoms with Crippen molar-refractivity contribution in [3.05, 3.63) is 59.0 Å². The molecule has 1 heterocycles. The fourth-order valence-corrected chi connectivity index (χ4v) is 5.95. The van der Waals surface area contributed by atoms with E-state index in [0.717, 1.165) is 41.2 Å². The lowest BCUT2D eigenvalue weighted by Crippen LogP contribution is -2.48. The van der Waals surface area contributed by atoms with Crippen molar-refractivity contribution in [1.29, 1.82) is 0 Å². The molecular weight excluding hydrogens is 444 g/mol. The van der Waals surface area contributed by atoms with Crippen LogP contribution >= 0.6 is 11.8 Å². The monoisotopic (exact) mass is 480 g/mol. The molecule has 1 aliphatic carbocycles. The topological polar surface area (TPSA) is 50.8 Å². The number of ether oxygens (including phenoxy) is 2. The second-order valence-corrected chi connectivity index (χ2v) is 10.3. The molecule has 2 aromatic rings. The Balaban J connectivity index is 1.59. The summed E-state index contributed by atoms with van der Waals surface area (Å²) in [5.41, 5.74) is 1.84. The second kappa shape index (κ2) is 11.7. The minimum absolute atomic E-state index is 0.111. The first-order valence-electron chi connectivity index (χ1n) is 12.4. The molecule has 5 nitrogen and oxygen atoms in total. The van der Waals surface area contributed by atoms with E-state index >= 15 is 0 Å². The van der Waals surface area contributed by atoms with Gasteiger partial charge in [0, 0.05) is 11.7 Å². The quantitative estimate of drug-likeness (QED) is 0.317. The van der Waals surface area contributed by atoms with Crippen LogP contribution in [0.5, 0.6) is 11.5 Å². The number of amides is 1. The number of para-hydroxylation sites is 1. The Morgan fingerprint density at radius 3 is 2.65 bits per heavy atom. The fraction of sp³-hybridized carbons (Fsp3) is 0.464. The smallest absolute Gasteiger partial charge is 0.262 e. The standard InChI is InChI=1S/C28H36N2O3S/c1-4-5-17-33-24-16-15-21(18-25(24)32-3)19-26-27(31)30(23-14-10-9-11-20(23)2)28(34-26)29-22-12-7-6-8-13-22/h6-8,12-13,15-16,18-20,23,28-29H,4-5,9-11,14,17H2,1-3H3/b26-19-/t20-,23-,28?/m1/s1. The lowest BCUT2D eigenvalue weighted by Gasteiger charge is -2.39. The molecule has 182 valence electrons. The number of hydrogen-bond donors (Lipinski definition) is 1. The van der Waals surface area contributed by atoms with E-state index in [1.54, 1.807) is 18.9 Å². The van der Waals surface area contributed by atoms with E-state index in [9.17, 15) is 4.79 Å². The summed E-state index contributed by atoms with van der Waals surface area (Å²) in [4.78, 5) is 16.5. The number of nitrogens with zero attached hydrogens (tertiary/aromatic N) is 1. The summed E-state index contributed by atoms with van der Waals surface area (Å²) in [6.07, 6.45) is 8.73. The van der Waals surface area contributed by atoms with Crippen molar-refractivity contribution in [1.82, 2.24) is 4.90 Å². The van der Waals surface area contributed by atoms with Crippen molar-refractivity contribution in [3.8, 4) is 11.5 Å². The molecule has 0 aromatic heterocycles. The highest BCUT2D eigenvalue weighted by Gasteiger charge is 2.42. The van der Waals surface area contributed by atoms with E-state index < -0.39 is 0 Å². The Kier molecular flexibility index (Phi) is 8.44. The minimum Gasteiger partial charge on any atom is -0.493 e. The maximum absolute atomic E-state index is 13.7. The van der Waals surface area contributed by atoms with Gasteiger partial charge in [-0.25, -0.2) is 0 Å². The van der Waals surface area contributed by atoms with Gasteiger partial charge in [0.05, 0.1) is 18.6 Å². The molecule has 1 saturated carbocycles. The van der Waals surface area contributed by atoms with Gasteiger partial charge in [0.1, 0.15) is 0 Å². The van der Waals surface area contributed by atoms with Gasteiger partial charge in [-0.1, -0.05) is 69.1 Å². The molecule has 2 aliphatic rings. The van der Waals surface area contributed by atoms with Crippen LogP contribution in [0.4, 0.5) is 5.69 Å². The van der Waals surface area contributed by atoms with Gasteiger partial charge in [0.25, 0.3) is 5.91 Å². The number of unbranched alkanes of at least 4 members (excludes halogenated alkanes) is 1. The van der Waals surface area contributed by atoms with Crippen molar-refractivity contribution in [2.24, 2.45) is 5.92 Å². The summed E-state index contributed by atoms with van der Waals surface area (Å²) in [5, 5.41) is 3.60. The number of carbonyl (C=O) groups is 1. The lowest BCUT2D eigenvalue weighted by molar-refractivity contribution is -0.129. The maximum Gasteiger partial charge on any atom is 0.262 e. The number of benzene rings is 2. The Morgan fingerprint density at radius 1 is 1.12 bits per heavy atom. The lowest BCUT2D eigenvalue weighted by atomic mass is 9.85. The molecule has 0 radical (unpaired) electrons. The predicted molar refractivity (Wildman–Crippen MR) is 141 cm³/mol. The normalized spacial score (nSPS) is 23.9. The zero-order valence-electron chi connectivity index (χ0n) is 20.5. The van der Waals surface area contributed by atoms with Gasteiger partial charge < -0.3 is 19.7 Å². The fourth-order valence-electron chi connectivity index (χ4n) is 4.74. The minimum atomic E-state index is -0.120. The molecule has 1 aliphatic heterocycles. The van der Waals surface area contributed by atoms with Crippen LogP contribution in [0.2, 0.25) is 0 Å². The van der Waals surface area contributed by atoms with Gasteiger partial charge >= 0.3 is 0 Å². The van der Waals surface area contributed by atoms with E-state index in [0.29, 0.717) is 18.3 Å². The molecule has 1 unspecified atom stereocenters. The third-order valence-electron chi connectivity index (χ3n) is 6.66. The Morgan fingerprint density at radius 2 is 1.91 bits per heavy atom. The van der Waals surface area contributed by atoms with E-state index in [2.05, 4.69) is 36.2 Å². The molecule has 0 bridgehead atoms. The van der Waals surface area contributed by atoms with Gasteiger partial charge in [0.15, 0.2) is 17.0 Å². The van der Waals surface area contributed by atoms with Crippen molar-refractivity contribution in [2.45, 2.75) is 63.9 Å². The second-order valence-electron chi connectivity index (χ2n) is 9.14. The van der Waals surface area contributed by atoms with Crippen LogP contribution in [0.3, 0.4) is 0 Å². The zero-order chi connectivity index (χ0) is 23.9. The number of carbonyl (C=O) groups excluding carboxylic acids is 1. The predicted octanol–water partition coefficient (Wildman–Crippen LogP) is 6.76. The molecule has 2 aromatic carbocycles. The Labute approximate surface area is 207 Å². The van der Waals surface area contributed by atoms with Crippen LogP contribution < -0.4 is 14.8 Å². The van der Waals surface area contributed by atoms with E-state index in [1.807, 2.05) is 42.5 Å². The molecule has 4 rings (SSSR count). The molecule has 2 fully saturated rings. The zero-order valence-corrected chi connectivity index (χ0v) is 21.3. The molecule has 0 spiro atoms. The van der Waals surface area contributed by atoms with Crippen LogP contribution in [0.25, 0.3) is 6.08 Å². The summed E-state index contributed by atoms with van der Waals surface area (Å²) < 4.78 is 11.4. The number of methoxy groups -OCH3 is 1. The number of nitrogens with one attached hydrogen (secondary N) is 1. The SMILES string of the molecule is CCCCOc1ccc(/C=C2\SC(Nc3ccccc3)N([C@@H]3CCCC[C@H]3C)C2=O)cc1OC. The van der Waals surface area contributed by atoms with Gasteiger partial charge in [-0.3, -0.25) is 4.79 Å². The first-order valence-corrected chi connectivity index (χ1v) is 13.3. The van der Waals surface area contributed by atoms with E-state index in [-0.39, 0.29) is 17.4 Å². The van der Waals surface area contributed by atoms with Crippen molar-refractivity contribution < 1.29 is 14.3 Å². The summed E-state index contributed by atoms with van der Waals surface area (Å²) in [6.45, 7) is 5.09. The summed E-state index contributed by atoms with van der Waals surface area (Å²) >= 11 is 1.60. The first kappa shape index (κ1) is 24.5. The first-order chi connectivity index (χ1) is 16.6. The summed E-state index contributed by atoms with van der Waals surface area (Å²) in [7, 11) is 1.65. The van der Waals surface area contributed by atoms with Crippen LogP contribution in [-0.2, 0) is 4.79 Å². The van der Waals surface area contributed by atoms with Gasteiger partial charge in [-0.15, -0.1) is 0 Å². The molecule has 3 atom stereocenters. The molecule has 34 heavy (non-hydrogen) atoms. The van der Waals surface area contributed by atoms with Gasteiger partial charge in [-0.2, -0.15) is 0 Å². The van der Waals surface area contributed by atoms with Crippen LogP contribution in [-0.4, -0.2) is 36.1 Å². The van der Waals surface area contributed by atoms with Gasteiger partial charge in [-0.05, 0) is 61.1 Å². The van der Waals surface area contributed by atoms with Crippen molar-refractivity contribution in [3.63, 3.8) is 0 Å². The highest BCUT2D eigenvalue weighted by atomic mass is 32.2. The van der Waals surface area contributed by atoms with Gasteiger partial charge in [0.2, 0.25) is 0 Å².